The Kier molecular flexibility index (Phi) is 5.13. The maximum atomic E-state index is 12.7. The average Bonchev–Trinajstić information content (AvgIpc) is 2.94. The van der Waals surface area contributed by atoms with Crippen LogP contribution in [0.25, 0.3) is 0 Å². The van der Waals surface area contributed by atoms with Gasteiger partial charge < -0.3 is 20.1 Å². The van der Waals surface area contributed by atoms with Gasteiger partial charge in [-0.05, 0) is 29.3 Å². The molecule has 0 fully saturated rings. The second kappa shape index (κ2) is 7.47. The molecule has 0 aliphatic carbocycles. The van der Waals surface area contributed by atoms with Crippen LogP contribution in [-0.2, 0) is 11.3 Å². The van der Waals surface area contributed by atoms with Gasteiger partial charge in [0.1, 0.15) is 5.75 Å². The minimum Gasteiger partial charge on any atom is -0.497 e. The van der Waals surface area contributed by atoms with Gasteiger partial charge in [-0.15, -0.1) is 0 Å². The van der Waals surface area contributed by atoms with Crippen LogP contribution in [0.1, 0.15) is 27.4 Å². The molecule has 1 heterocycles. The summed E-state index contributed by atoms with van der Waals surface area (Å²) in [5.41, 5.74) is 8.38. The molecule has 1 aliphatic heterocycles. The van der Waals surface area contributed by atoms with Crippen molar-refractivity contribution in [2.24, 2.45) is 5.73 Å². The minimum atomic E-state index is 0.0568. The van der Waals surface area contributed by atoms with E-state index in [-0.39, 0.29) is 18.6 Å². The van der Waals surface area contributed by atoms with Crippen LogP contribution in [0.2, 0.25) is 0 Å². The lowest BCUT2D eigenvalue weighted by molar-refractivity contribution is 0.0715. The number of ether oxygens (including phenoxy) is 2. The van der Waals surface area contributed by atoms with Crippen LogP contribution in [0, 0.1) is 0 Å². The number of nitrogens with zero attached hydrogens (tertiary/aromatic N) is 1. The summed E-state index contributed by atoms with van der Waals surface area (Å²) < 4.78 is 10.7. The Balaban J connectivity index is 1.77. The number of hydrogen-bond acceptors (Lipinski definition) is 4. The molecule has 126 valence electrons. The van der Waals surface area contributed by atoms with Gasteiger partial charge in [-0.1, -0.05) is 30.3 Å². The molecule has 1 amide bonds. The first-order valence-electron chi connectivity index (χ1n) is 8.02. The van der Waals surface area contributed by atoms with Crippen molar-refractivity contribution in [3.8, 4) is 5.75 Å². The summed E-state index contributed by atoms with van der Waals surface area (Å²) in [4.78, 5) is 14.5. The quantitative estimate of drug-likeness (QED) is 0.793. The first-order valence-corrected chi connectivity index (χ1v) is 8.02. The fourth-order valence-electron chi connectivity index (χ4n) is 3.09. The molecule has 2 aromatic rings. The number of methoxy groups -OCH3 is 1. The highest BCUT2D eigenvalue weighted by Crippen LogP contribution is 2.29. The van der Waals surface area contributed by atoms with E-state index in [9.17, 15) is 4.79 Å². The van der Waals surface area contributed by atoms with Crippen molar-refractivity contribution in [1.29, 1.82) is 0 Å². The molecule has 2 aromatic carbocycles. The summed E-state index contributed by atoms with van der Waals surface area (Å²) in [5, 5.41) is 0. The molecule has 0 bridgehead atoms. The third-order valence-corrected chi connectivity index (χ3v) is 4.34. The van der Waals surface area contributed by atoms with Crippen LogP contribution in [-0.4, -0.2) is 37.8 Å². The van der Waals surface area contributed by atoms with E-state index in [0.717, 1.165) is 22.4 Å². The van der Waals surface area contributed by atoms with Crippen LogP contribution < -0.4 is 10.5 Å². The van der Waals surface area contributed by atoms with E-state index in [4.69, 9.17) is 15.2 Å². The van der Waals surface area contributed by atoms with Crippen molar-refractivity contribution in [3.63, 3.8) is 0 Å². The molecular weight excluding hydrogens is 304 g/mol. The molecule has 0 radical (unpaired) electrons. The third kappa shape index (κ3) is 3.42. The number of benzene rings is 2. The highest BCUT2D eigenvalue weighted by atomic mass is 16.5. The highest BCUT2D eigenvalue weighted by molar-refractivity contribution is 5.98. The zero-order valence-corrected chi connectivity index (χ0v) is 13.8. The topological polar surface area (TPSA) is 64.8 Å². The molecule has 1 aliphatic rings. The first kappa shape index (κ1) is 16.5. The lowest BCUT2D eigenvalue weighted by Gasteiger charge is -2.24. The van der Waals surface area contributed by atoms with E-state index in [1.54, 1.807) is 7.11 Å². The summed E-state index contributed by atoms with van der Waals surface area (Å²) in [6, 6.07) is 15.7. The maximum Gasteiger partial charge on any atom is 0.254 e. The number of fused-ring (bicyclic) bond motifs is 1. The van der Waals surface area contributed by atoms with Crippen molar-refractivity contribution in [1.82, 2.24) is 4.90 Å². The molecular formula is C19H22N2O3. The van der Waals surface area contributed by atoms with Crippen LogP contribution in [0.3, 0.4) is 0 Å². The van der Waals surface area contributed by atoms with E-state index >= 15 is 0 Å². The van der Waals surface area contributed by atoms with Gasteiger partial charge in [0, 0.05) is 24.6 Å². The van der Waals surface area contributed by atoms with Crippen molar-refractivity contribution in [2.45, 2.75) is 12.5 Å². The molecule has 5 nitrogen and oxygen atoms in total. The number of nitrogens with two attached hydrogens (primary N) is 1. The van der Waals surface area contributed by atoms with E-state index < -0.39 is 0 Å². The zero-order valence-electron chi connectivity index (χ0n) is 13.8. The third-order valence-electron chi connectivity index (χ3n) is 4.34. The highest BCUT2D eigenvalue weighted by Gasteiger charge is 2.29. The zero-order chi connectivity index (χ0) is 16.9. The molecule has 0 unspecified atom stereocenters. The van der Waals surface area contributed by atoms with Gasteiger partial charge in [0.2, 0.25) is 0 Å². The second-order valence-corrected chi connectivity index (χ2v) is 5.85. The standard InChI is InChI=1S/C19H22N2O3/c1-23-17-7-8-18-15(9-17)10-21(19(18)22)11-16(12-24-13-20)14-5-3-2-4-6-14/h2-9,16H,10-13,20H2,1H3/t16-/m1/s1. The SMILES string of the molecule is COc1ccc2c(c1)CN(C[C@H](COCN)c1ccccc1)C2=O. The van der Waals surface area contributed by atoms with E-state index in [0.29, 0.717) is 19.7 Å². The number of hydrogen-bond donors (Lipinski definition) is 1. The molecule has 0 saturated carbocycles. The summed E-state index contributed by atoms with van der Waals surface area (Å²) >= 11 is 0. The Labute approximate surface area is 142 Å². The second-order valence-electron chi connectivity index (χ2n) is 5.85. The van der Waals surface area contributed by atoms with Crippen LogP contribution in [0.4, 0.5) is 0 Å². The van der Waals surface area contributed by atoms with Gasteiger partial charge in [-0.3, -0.25) is 4.79 Å². The monoisotopic (exact) mass is 326 g/mol. The molecule has 0 saturated heterocycles. The Morgan fingerprint density at radius 1 is 1.21 bits per heavy atom. The van der Waals surface area contributed by atoms with Crippen molar-refractivity contribution < 1.29 is 14.3 Å². The van der Waals surface area contributed by atoms with Crippen LogP contribution in [0.15, 0.2) is 48.5 Å². The largest absolute Gasteiger partial charge is 0.497 e. The average molecular weight is 326 g/mol. The van der Waals surface area contributed by atoms with Gasteiger partial charge >= 0.3 is 0 Å². The number of rotatable bonds is 7. The Bertz CT molecular complexity index is 703. The maximum absolute atomic E-state index is 12.7. The van der Waals surface area contributed by atoms with Gasteiger partial charge in [-0.2, -0.15) is 0 Å². The number of amides is 1. The van der Waals surface area contributed by atoms with Gasteiger partial charge in [-0.25, -0.2) is 0 Å². The van der Waals surface area contributed by atoms with E-state index in [2.05, 4.69) is 12.1 Å². The predicted molar refractivity (Wildman–Crippen MR) is 91.9 cm³/mol. The summed E-state index contributed by atoms with van der Waals surface area (Å²) in [6.45, 7) is 1.86. The minimum absolute atomic E-state index is 0.0568. The summed E-state index contributed by atoms with van der Waals surface area (Å²) in [5.74, 6) is 0.922. The molecule has 3 rings (SSSR count). The van der Waals surface area contributed by atoms with Crippen molar-refractivity contribution in [3.05, 3.63) is 65.2 Å². The Morgan fingerprint density at radius 3 is 2.71 bits per heavy atom. The number of carbonyl (C=O) groups excluding carboxylic acids is 1. The molecule has 5 heteroatoms. The van der Waals surface area contributed by atoms with Crippen molar-refractivity contribution in [2.75, 3.05) is 27.0 Å². The van der Waals surface area contributed by atoms with E-state index in [1.165, 1.54) is 0 Å². The predicted octanol–water partition coefficient (Wildman–Crippen LogP) is 2.37. The fraction of sp³-hybridized carbons (Fsp3) is 0.316. The lowest BCUT2D eigenvalue weighted by atomic mass is 9.99. The molecule has 1 atom stereocenters. The van der Waals surface area contributed by atoms with Crippen molar-refractivity contribution >= 4 is 5.91 Å². The van der Waals surface area contributed by atoms with Gasteiger partial charge in [0.25, 0.3) is 5.91 Å². The molecule has 2 N–H and O–H groups in total. The summed E-state index contributed by atoms with van der Waals surface area (Å²) in [6.07, 6.45) is 0. The lowest BCUT2D eigenvalue weighted by Crippen LogP contribution is -2.31. The molecule has 0 spiro atoms. The number of carbonyl (C=O) groups is 1. The fourth-order valence-corrected chi connectivity index (χ4v) is 3.09. The summed E-state index contributed by atoms with van der Waals surface area (Å²) in [7, 11) is 1.63. The van der Waals surface area contributed by atoms with E-state index in [1.807, 2.05) is 41.3 Å². The first-order chi connectivity index (χ1) is 11.7. The Hall–Kier alpha value is -2.37. The Morgan fingerprint density at radius 2 is 2.00 bits per heavy atom. The normalized spacial score (nSPS) is 14.6. The van der Waals surface area contributed by atoms with Gasteiger partial charge in [0.05, 0.1) is 20.4 Å². The smallest absolute Gasteiger partial charge is 0.254 e. The van der Waals surface area contributed by atoms with Gasteiger partial charge in [0.15, 0.2) is 0 Å². The van der Waals surface area contributed by atoms with Crippen LogP contribution >= 0.6 is 0 Å². The molecule has 24 heavy (non-hydrogen) atoms. The molecule has 0 aromatic heterocycles. The van der Waals surface area contributed by atoms with Crippen LogP contribution in [0.5, 0.6) is 5.75 Å².